The quantitative estimate of drug-likeness (QED) is 0.0374. The summed E-state index contributed by atoms with van der Waals surface area (Å²) in [6.45, 7) is 4.05. The Kier molecular flexibility index (Phi) is 54.4. The summed E-state index contributed by atoms with van der Waals surface area (Å²) in [5, 5.41) is 9.66. The number of hydrogen-bond acceptors (Lipinski definition) is 5. The molecule has 5 nitrogen and oxygen atoms in total. The number of rotatable bonds is 52. The van der Waals surface area contributed by atoms with Gasteiger partial charge in [-0.3, -0.25) is 9.59 Å². The van der Waals surface area contributed by atoms with Crippen LogP contribution in [0.15, 0.2) is 72.9 Å². The van der Waals surface area contributed by atoms with E-state index in [1.54, 1.807) is 0 Å². The Labute approximate surface area is 410 Å². The molecule has 1 N–H and O–H groups in total. The maximum Gasteiger partial charge on any atom is 0.306 e. The van der Waals surface area contributed by atoms with Crippen molar-refractivity contribution in [3.8, 4) is 0 Å². The fourth-order valence-electron chi connectivity index (χ4n) is 8.23. The second-order valence-electron chi connectivity index (χ2n) is 19.0. The highest BCUT2D eigenvalue weighted by Crippen LogP contribution is 2.16. The molecule has 0 aliphatic heterocycles. The van der Waals surface area contributed by atoms with Gasteiger partial charge in [-0.05, 0) is 83.5 Å². The van der Waals surface area contributed by atoms with Crippen LogP contribution in [-0.2, 0) is 19.1 Å². The lowest BCUT2D eigenvalue weighted by atomic mass is 10.0. The Balaban J connectivity index is 3.49. The number of esters is 2. The zero-order valence-electron chi connectivity index (χ0n) is 43.7. The molecular formula is C61H108O5. The number of aliphatic hydroxyl groups is 1. The van der Waals surface area contributed by atoms with Gasteiger partial charge in [0.05, 0.1) is 6.61 Å². The van der Waals surface area contributed by atoms with Crippen LogP contribution < -0.4 is 0 Å². The molecule has 0 aromatic rings. The highest BCUT2D eigenvalue weighted by Gasteiger charge is 2.16. The summed E-state index contributed by atoms with van der Waals surface area (Å²) in [7, 11) is 0. The minimum Gasteiger partial charge on any atom is -0.462 e. The van der Waals surface area contributed by atoms with E-state index in [-0.39, 0.29) is 25.2 Å². The predicted octanol–water partition coefficient (Wildman–Crippen LogP) is 19.2. The van der Waals surface area contributed by atoms with E-state index in [1.165, 1.54) is 186 Å². The first kappa shape index (κ1) is 63.3. The molecule has 0 amide bonds. The van der Waals surface area contributed by atoms with E-state index in [1.807, 2.05) is 0 Å². The van der Waals surface area contributed by atoms with Gasteiger partial charge in [-0.25, -0.2) is 0 Å². The van der Waals surface area contributed by atoms with Crippen molar-refractivity contribution >= 4 is 11.9 Å². The number of allylic oxidation sites excluding steroid dienone is 12. The summed E-state index contributed by atoms with van der Waals surface area (Å²) in [4.78, 5) is 24.5. The molecule has 0 heterocycles. The van der Waals surface area contributed by atoms with E-state index in [9.17, 15) is 14.7 Å². The number of hydrogen-bond donors (Lipinski definition) is 1. The molecule has 0 aliphatic carbocycles. The molecule has 0 aromatic heterocycles. The van der Waals surface area contributed by atoms with Gasteiger partial charge in [-0.1, -0.05) is 260 Å². The third kappa shape index (κ3) is 54.0. The highest BCUT2D eigenvalue weighted by atomic mass is 16.6. The number of carbonyl (C=O) groups excluding carboxylic acids is 2. The fourth-order valence-corrected chi connectivity index (χ4v) is 8.23. The van der Waals surface area contributed by atoms with E-state index < -0.39 is 6.10 Å². The molecule has 1 atom stereocenters. The van der Waals surface area contributed by atoms with Crippen LogP contribution in [0.3, 0.4) is 0 Å². The van der Waals surface area contributed by atoms with E-state index in [2.05, 4.69) is 86.8 Å². The molecule has 5 heteroatoms. The molecule has 0 radical (unpaired) electrons. The topological polar surface area (TPSA) is 72.8 Å². The summed E-state index contributed by atoms with van der Waals surface area (Å²) in [5.41, 5.74) is 0. The van der Waals surface area contributed by atoms with Gasteiger partial charge in [-0.2, -0.15) is 0 Å². The van der Waals surface area contributed by atoms with Gasteiger partial charge in [-0.15, -0.1) is 0 Å². The Bertz CT molecular complexity index is 1180. The van der Waals surface area contributed by atoms with Crippen LogP contribution in [0.4, 0.5) is 0 Å². The molecule has 0 saturated carbocycles. The van der Waals surface area contributed by atoms with Gasteiger partial charge in [0.2, 0.25) is 0 Å². The van der Waals surface area contributed by atoms with Crippen molar-refractivity contribution in [1.82, 2.24) is 0 Å². The Morgan fingerprint density at radius 3 is 1.00 bits per heavy atom. The minimum absolute atomic E-state index is 0.0673. The zero-order valence-corrected chi connectivity index (χ0v) is 43.7. The Morgan fingerprint density at radius 2 is 0.652 bits per heavy atom. The molecule has 0 spiro atoms. The zero-order chi connectivity index (χ0) is 47.7. The van der Waals surface area contributed by atoms with Crippen molar-refractivity contribution in [3.63, 3.8) is 0 Å². The van der Waals surface area contributed by atoms with Crippen molar-refractivity contribution in [1.29, 1.82) is 0 Å². The maximum absolute atomic E-state index is 12.3. The molecule has 0 aromatic carbocycles. The molecule has 0 aliphatic rings. The van der Waals surface area contributed by atoms with Crippen LogP contribution in [-0.4, -0.2) is 36.4 Å². The molecule has 0 bridgehead atoms. The first-order chi connectivity index (χ1) is 32.6. The third-order valence-electron chi connectivity index (χ3n) is 12.5. The lowest BCUT2D eigenvalue weighted by molar-refractivity contribution is -0.161. The van der Waals surface area contributed by atoms with Gasteiger partial charge in [0.15, 0.2) is 6.10 Å². The van der Waals surface area contributed by atoms with Crippen LogP contribution in [0.25, 0.3) is 0 Å². The summed E-state index contributed by atoms with van der Waals surface area (Å²) in [6.07, 6.45) is 77.3. The minimum atomic E-state index is -0.777. The van der Waals surface area contributed by atoms with E-state index in [0.29, 0.717) is 12.8 Å². The van der Waals surface area contributed by atoms with Gasteiger partial charge in [0.25, 0.3) is 0 Å². The second kappa shape index (κ2) is 56.7. The van der Waals surface area contributed by atoms with Crippen LogP contribution in [0, 0.1) is 0 Å². The number of carbonyl (C=O) groups is 2. The third-order valence-corrected chi connectivity index (χ3v) is 12.5. The van der Waals surface area contributed by atoms with Crippen molar-refractivity contribution in [2.75, 3.05) is 13.2 Å². The molecule has 0 rings (SSSR count). The smallest absolute Gasteiger partial charge is 0.306 e. The van der Waals surface area contributed by atoms with Gasteiger partial charge < -0.3 is 14.6 Å². The van der Waals surface area contributed by atoms with Crippen molar-refractivity contribution in [2.45, 2.75) is 290 Å². The molecular weight excluding hydrogens is 813 g/mol. The molecule has 0 saturated heterocycles. The first-order valence-corrected chi connectivity index (χ1v) is 28.5. The van der Waals surface area contributed by atoms with Crippen molar-refractivity contribution in [3.05, 3.63) is 72.9 Å². The molecule has 0 fully saturated rings. The van der Waals surface area contributed by atoms with E-state index in [4.69, 9.17) is 9.47 Å². The number of aliphatic hydroxyl groups excluding tert-OH is 1. The predicted molar refractivity (Wildman–Crippen MR) is 288 cm³/mol. The molecule has 1 unspecified atom stereocenters. The lowest BCUT2D eigenvalue weighted by Gasteiger charge is -2.15. The van der Waals surface area contributed by atoms with Gasteiger partial charge in [0.1, 0.15) is 6.61 Å². The fraction of sp³-hybridized carbons (Fsp3) is 0.770. The Morgan fingerprint density at radius 1 is 0.364 bits per heavy atom. The van der Waals surface area contributed by atoms with Crippen LogP contribution in [0.2, 0.25) is 0 Å². The SMILES string of the molecule is CC/C=C\C/C=C\C/C=C\C/C=C\C/C=C\CCCCCCCCCCCCCC(=O)OC(CO)COC(=O)CCCCCCCCCCCCCCC/C=C\CCCCCCCCCC. The Hall–Kier alpha value is -2.66. The van der Waals surface area contributed by atoms with Crippen molar-refractivity contribution in [2.24, 2.45) is 0 Å². The summed E-state index contributed by atoms with van der Waals surface area (Å²) < 4.78 is 10.7. The van der Waals surface area contributed by atoms with Crippen molar-refractivity contribution < 1.29 is 24.2 Å². The molecule has 66 heavy (non-hydrogen) atoms. The summed E-state index contributed by atoms with van der Waals surface area (Å²) in [5.74, 6) is -0.586. The van der Waals surface area contributed by atoms with Gasteiger partial charge in [0, 0.05) is 12.8 Å². The average molecular weight is 922 g/mol. The monoisotopic (exact) mass is 921 g/mol. The van der Waals surface area contributed by atoms with Crippen LogP contribution in [0.5, 0.6) is 0 Å². The largest absolute Gasteiger partial charge is 0.462 e. The number of ether oxygens (including phenoxy) is 2. The van der Waals surface area contributed by atoms with E-state index >= 15 is 0 Å². The lowest BCUT2D eigenvalue weighted by Crippen LogP contribution is -2.28. The normalized spacial score (nSPS) is 12.7. The van der Waals surface area contributed by atoms with E-state index in [0.717, 1.165) is 70.6 Å². The second-order valence-corrected chi connectivity index (χ2v) is 19.0. The van der Waals surface area contributed by atoms with Crippen LogP contribution >= 0.6 is 0 Å². The summed E-state index contributed by atoms with van der Waals surface area (Å²) >= 11 is 0. The summed E-state index contributed by atoms with van der Waals surface area (Å²) in [6, 6.07) is 0. The van der Waals surface area contributed by atoms with Crippen LogP contribution in [0.1, 0.15) is 284 Å². The standard InChI is InChI=1S/C61H108O5/c1-3-5-7-9-11-13-15-17-19-21-23-25-27-29-30-32-34-36-38-40-42-44-46-48-50-52-54-56-61(64)66-59(57-62)58-65-60(63)55-53-51-49-47-45-43-41-39-37-35-33-31-28-26-24-22-20-18-16-14-12-10-8-6-4-2/h5,7,11,13,17,19,22-25,29-30,59,62H,3-4,6,8-10,12,14-16,18,20-21,26-28,31-58H2,1-2H3/b7-5-,13-11-,19-17-,24-22-,25-23-,30-29-. The maximum atomic E-state index is 12.3. The van der Waals surface area contributed by atoms with Gasteiger partial charge >= 0.3 is 11.9 Å². The number of unbranched alkanes of at least 4 members (excludes halogenated alkanes) is 32. The molecule has 382 valence electrons. The first-order valence-electron chi connectivity index (χ1n) is 28.5. The highest BCUT2D eigenvalue weighted by molar-refractivity contribution is 5.70. The average Bonchev–Trinajstić information content (AvgIpc) is 3.32.